The Morgan fingerprint density at radius 1 is 1.38 bits per heavy atom. The average molecular weight is 303 g/mol. The van der Waals surface area contributed by atoms with Crippen LogP contribution < -0.4 is 4.90 Å². The van der Waals surface area contributed by atoms with Crippen molar-refractivity contribution in [1.82, 2.24) is 9.59 Å². The summed E-state index contributed by atoms with van der Waals surface area (Å²) in [7, 11) is 0. The van der Waals surface area contributed by atoms with E-state index in [1.54, 1.807) is 6.92 Å². The number of fused-ring (bicyclic) bond motifs is 1. The molecule has 1 N–H and O–H groups in total. The SMILES string of the molecule is Cc1nnsc1C(=O)N1CC(C(=O)O)Cc2ccccc21. The topological polar surface area (TPSA) is 83.4 Å². The third-order valence-electron chi connectivity index (χ3n) is 3.59. The number of amides is 1. The molecule has 0 aliphatic carbocycles. The van der Waals surface area contributed by atoms with Gasteiger partial charge in [0, 0.05) is 12.2 Å². The van der Waals surface area contributed by atoms with Crippen molar-refractivity contribution in [3.8, 4) is 0 Å². The largest absolute Gasteiger partial charge is 0.481 e. The van der Waals surface area contributed by atoms with Crippen LogP contribution in [0, 0.1) is 12.8 Å². The fourth-order valence-electron chi connectivity index (χ4n) is 2.50. The number of carbonyl (C=O) groups is 2. The summed E-state index contributed by atoms with van der Waals surface area (Å²) in [4.78, 5) is 26.0. The van der Waals surface area contributed by atoms with E-state index in [4.69, 9.17) is 0 Å². The van der Waals surface area contributed by atoms with Crippen molar-refractivity contribution in [2.24, 2.45) is 5.92 Å². The Balaban J connectivity index is 2.02. The van der Waals surface area contributed by atoms with E-state index in [-0.39, 0.29) is 12.5 Å². The molecule has 108 valence electrons. The number of aryl methyl sites for hydroxylation is 1. The van der Waals surface area contributed by atoms with Crippen LogP contribution in [0.2, 0.25) is 0 Å². The Kier molecular flexibility index (Phi) is 3.42. The van der Waals surface area contributed by atoms with Crippen LogP contribution in [-0.4, -0.2) is 33.1 Å². The molecule has 1 amide bonds. The summed E-state index contributed by atoms with van der Waals surface area (Å²) in [5, 5.41) is 13.1. The lowest BCUT2D eigenvalue weighted by Gasteiger charge is -2.32. The molecule has 2 aromatic rings. The van der Waals surface area contributed by atoms with Gasteiger partial charge in [0.25, 0.3) is 5.91 Å². The molecule has 1 atom stereocenters. The summed E-state index contributed by atoms with van der Waals surface area (Å²) in [6.45, 7) is 1.89. The molecule has 1 aromatic carbocycles. The molecule has 0 spiro atoms. The van der Waals surface area contributed by atoms with Gasteiger partial charge < -0.3 is 10.0 Å². The number of benzene rings is 1. The van der Waals surface area contributed by atoms with Crippen molar-refractivity contribution in [1.29, 1.82) is 0 Å². The van der Waals surface area contributed by atoms with Crippen molar-refractivity contribution in [3.05, 3.63) is 40.4 Å². The molecule has 0 radical (unpaired) electrons. The van der Waals surface area contributed by atoms with Gasteiger partial charge in [0.15, 0.2) is 0 Å². The van der Waals surface area contributed by atoms with Crippen LogP contribution in [0.15, 0.2) is 24.3 Å². The molecule has 1 aliphatic heterocycles. The number of nitrogens with zero attached hydrogens (tertiary/aromatic N) is 3. The number of aliphatic carboxylic acids is 1. The van der Waals surface area contributed by atoms with Crippen molar-refractivity contribution < 1.29 is 14.7 Å². The Bertz CT molecular complexity index is 713. The highest BCUT2D eigenvalue weighted by Crippen LogP contribution is 2.31. The lowest BCUT2D eigenvalue weighted by molar-refractivity contribution is -0.141. The molecular weight excluding hydrogens is 290 g/mol. The molecule has 21 heavy (non-hydrogen) atoms. The van der Waals surface area contributed by atoms with Crippen LogP contribution in [0.4, 0.5) is 5.69 Å². The fourth-order valence-corrected chi connectivity index (χ4v) is 3.11. The summed E-state index contributed by atoms with van der Waals surface area (Å²) in [6.07, 6.45) is 0.440. The molecule has 2 heterocycles. The zero-order valence-electron chi connectivity index (χ0n) is 11.3. The minimum atomic E-state index is -0.888. The molecule has 1 aromatic heterocycles. The monoisotopic (exact) mass is 303 g/mol. The van der Waals surface area contributed by atoms with Crippen molar-refractivity contribution in [3.63, 3.8) is 0 Å². The maximum Gasteiger partial charge on any atom is 0.308 e. The molecule has 1 aliphatic rings. The molecule has 6 nitrogen and oxygen atoms in total. The van der Waals surface area contributed by atoms with Crippen LogP contribution >= 0.6 is 11.5 Å². The number of hydrogen-bond donors (Lipinski definition) is 1. The first-order chi connectivity index (χ1) is 10.1. The van der Waals surface area contributed by atoms with Crippen molar-refractivity contribution in [2.45, 2.75) is 13.3 Å². The van der Waals surface area contributed by atoms with Gasteiger partial charge in [-0.2, -0.15) is 0 Å². The minimum absolute atomic E-state index is 0.169. The summed E-state index contributed by atoms with van der Waals surface area (Å²) < 4.78 is 3.78. The highest BCUT2D eigenvalue weighted by atomic mass is 32.1. The Morgan fingerprint density at radius 2 is 2.14 bits per heavy atom. The number of rotatable bonds is 2. The van der Waals surface area contributed by atoms with E-state index >= 15 is 0 Å². The number of carbonyl (C=O) groups excluding carboxylic acids is 1. The second-order valence-electron chi connectivity index (χ2n) is 4.97. The third-order valence-corrected chi connectivity index (χ3v) is 4.41. The molecule has 1 unspecified atom stereocenters. The van der Waals surface area contributed by atoms with Crippen molar-refractivity contribution in [2.75, 3.05) is 11.4 Å². The fraction of sp³-hybridized carbons (Fsp3) is 0.286. The summed E-state index contributed by atoms with van der Waals surface area (Å²) >= 11 is 1.04. The van der Waals surface area contributed by atoms with Gasteiger partial charge in [0.05, 0.1) is 11.6 Å². The maximum absolute atomic E-state index is 12.7. The summed E-state index contributed by atoms with van der Waals surface area (Å²) in [5.74, 6) is -1.72. The van der Waals surface area contributed by atoms with E-state index in [0.717, 1.165) is 22.8 Å². The summed E-state index contributed by atoms with van der Waals surface area (Å²) in [5.41, 5.74) is 2.22. The van der Waals surface area contributed by atoms with Gasteiger partial charge in [-0.15, -0.1) is 5.10 Å². The van der Waals surface area contributed by atoms with E-state index < -0.39 is 11.9 Å². The predicted octanol–water partition coefficient (Wildman–Crippen LogP) is 1.75. The van der Waals surface area contributed by atoms with Gasteiger partial charge in [-0.25, -0.2) is 0 Å². The van der Waals surface area contributed by atoms with E-state index in [2.05, 4.69) is 9.59 Å². The Labute approximate surface area is 125 Å². The van der Waals surface area contributed by atoms with Gasteiger partial charge in [0.2, 0.25) is 0 Å². The van der Waals surface area contributed by atoms with E-state index in [1.807, 2.05) is 24.3 Å². The highest BCUT2D eigenvalue weighted by molar-refractivity contribution is 7.08. The number of aromatic nitrogens is 2. The van der Waals surface area contributed by atoms with Gasteiger partial charge in [-0.05, 0) is 36.5 Å². The molecule has 7 heteroatoms. The lowest BCUT2D eigenvalue weighted by atomic mass is 9.92. The minimum Gasteiger partial charge on any atom is -0.481 e. The van der Waals surface area contributed by atoms with E-state index in [0.29, 0.717) is 17.0 Å². The van der Waals surface area contributed by atoms with Gasteiger partial charge >= 0.3 is 5.97 Å². The number of carboxylic acid groups (broad SMARTS) is 1. The zero-order valence-corrected chi connectivity index (χ0v) is 12.1. The molecule has 0 saturated carbocycles. The van der Waals surface area contributed by atoms with Gasteiger partial charge in [-0.3, -0.25) is 9.59 Å². The zero-order chi connectivity index (χ0) is 15.0. The quantitative estimate of drug-likeness (QED) is 0.913. The second kappa shape index (κ2) is 5.25. The van der Waals surface area contributed by atoms with Crippen LogP contribution in [0.1, 0.15) is 20.9 Å². The van der Waals surface area contributed by atoms with Gasteiger partial charge in [-0.1, -0.05) is 22.7 Å². The number of anilines is 1. The van der Waals surface area contributed by atoms with E-state index in [9.17, 15) is 14.7 Å². The first-order valence-electron chi connectivity index (χ1n) is 6.49. The second-order valence-corrected chi connectivity index (χ2v) is 5.73. The summed E-state index contributed by atoms with van der Waals surface area (Å²) in [6, 6.07) is 7.40. The maximum atomic E-state index is 12.7. The van der Waals surface area contributed by atoms with Gasteiger partial charge in [0.1, 0.15) is 4.88 Å². The lowest BCUT2D eigenvalue weighted by Crippen LogP contribution is -2.42. The average Bonchev–Trinajstić information content (AvgIpc) is 2.91. The third kappa shape index (κ3) is 2.40. The van der Waals surface area contributed by atoms with Crippen LogP contribution in [0.3, 0.4) is 0 Å². The molecule has 0 saturated heterocycles. The van der Waals surface area contributed by atoms with Crippen molar-refractivity contribution >= 4 is 29.1 Å². The normalized spacial score (nSPS) is 17.4. The predicted molar refractivity (Wildman–Crippen MR) is 77.6 cm³/mol. The molecular formula is C14H13N3O3S. The van der Waals surface area contributed by atoms with E-state index in [1.165, 1.54) is 4.90 Å². The first kappa shape index (κ1) is 13.7. The Hall–Kier alpha value is -2.28. The highest BCUT2D eigenvalue weighted by Gasteiger charge is 2.33. The Morgan fingerprint density at radius 3 is 2.81 bits per heavy atom. The number of carboxylic acids is 1. The molecule has 3 rings (SSSR count). The first-order valence-corrected chi connectivity index (χ1v) is 7.27. The number of hydrogen-bond acceptors (Lipinski definition) is 5. The van der Waals surface area contributed by atoms with Crippen LogP contribution in [-0.2, 0) is 11.2 Å². The van der Waals surface area contributed by atoms with Crippen LogP contribution in [0.5, 0.6) is 0 Å². The number of para-hydroxylation sites is 1. The van der Waals surface area contributed by atoms with Crippen LogP contribution in [0.25, 0.3) is 0 Å². The standard InChI is InChI=1S/C14H13N3O3S/c1-8-12(21-16-15-8)13(18)17-7-10(14(19)20)6-9-4-2-3-5-11(9)17/h2-5,10H,6-7H2,1H3,(H,19,20). The smallest absolute Gasteiger partial charge is 0.308 e. The molecule has 0 bridgehead atoms. The molecule has 0 fully saturated rings.